The van der Waals surface area contributed by atoms with Crippen LogP contribution in [0.5, 0.6) is 5.75 Å². The Kier molecular flexibility index (Phi) is 4.80. The van der Waals surface area contributed by atoms with Crippen LogP contribution in [0.15, 0.2) is 35.4 Å². The Morgan fingerprint density at radius 1 is 1.33 bits per heavy atom. The highest BCUT2D eigenvalue weighted by Gasteiger charge is 2.09. The number of thiocarbonyl (C=S) groups is 1. The molecule has 1 aromatic heterocycles. The average molecular weight is 305 g/mol. The Labute approximate surface area is 129 Å². The van der Waals surface area contributed by atoms with Crippen LogP contribution in [0.4, 0.5) is 0 Å². The summed E-state index contributed by atoms with van der Waals surface area (Å²) in [6.45, 7) is 3.18. The molecule has 2 rings (SSSR count). The summed E-state index contributed by atoms with van der Waals surface area (Å²) in [7, 11) is 1.60. The van der Waals surface area contributed by atoms with Gasteiger partial charge in [0, 0.05) is 30.1 Å². The summed E-state index contributed by atoms with van der Waals surface area (Å²) in [6, 6.07) is 5.50. The third kappa shape index (κ3) is 3.33. The zero-order valence-electron chi connectivity index (χ0n) is 12.2. The minimum atomic E-state index is -0.0281. The molecule has 0 atom stereocenters. The van der Waals surface area contributed by atoms with Crippen molar-refractivity contribution < 1.29 is 4.74 Å². The van der Waals surface area contributed by atoms with Gasteiger partial charge in [-0.25, -0.2) is 4.79 Å². The van der Waals surface area contributed by atoms with Crippen LogP contribution in [0.1, 0.15) is 24.5 Å². The summed E-state index contributed by atoms with van der Waals surface area (Å²) in [4.78, 5) is 12.5. The SMILES string of the molecule is CCCn1ccn(Cc2cc(C(N)=S)ccc2OC)c1=O. The standard InChI is InChI=1S/C15H19N3O2S/c1-3-6-17-7-8-18(15(17)19)10-12-9-11(14(16)21)4-5-13(12)20-2/h4-5,7-9H,3,6,10H2,1-2H3,(H2,16,21). The van der Waals surface area contributed by atoms with Gasteiger partial charge in [0.05, 0.1) is 13.7 Å². The molecule has 6 heteroatoms. The third-order valence-corrected chi connectivity index (χ3v) is 3.52. The van der Waals surface area contributed by atoms with E-state index >= 15 is 0 Å². The first kappa shape index (κ1) is 15.3. The third-order valence-electron chi connectivity index (χ3n) is 3.29. The Balaban J connectivity index is 2.36. The van der Waals surface area contributed by atoms with Crippen molar-refractivity contribution in [1.82, 2.24) is 9.13 Å². The number of methoxy groups -OCH3 is 1. The van der Waals surface area contributed by atoms with E-state index in [1.54, 1.807) is 28.6 Å². The number of rotatable bonds is 6. The summed E-state index contributed by atoms with van der Waals surface area (Å²) < 4.78 is 8.69. The van der Waals surface area contributed by atoms with Crippen molar-refractivity contribution in [3.63, 3.8) is 0 Å². The largest absolute Gasteiger partial charge is 0.496 e. The molecule has 2 aromatic rings. The van der Waals surface area contributed by atoms with Crippen molar-refractivity contribution in [2.45, 2.75) is 26.4 Å². The van der Waals surface area contributed by atoms with Crippen molar-refractivity contribution in [1.29, 1.82) is 0 Å². The van der Waals surface area contributed by atoms with E-state index in [9.17, 15) is 4.79 Å². The molecular weight excluding hydrogens is 286 g/mol. The second-order valence-electron chi connectivity index (χ2n) is 4.79. The smallest absolute Gasteiger partial charge is 0.328 e. The molecular formula is C15H19N3O2S. The summed E-state index contributed by atoms with van der Waals surface area (Å²) in [5, 5.41) is 0. The molecule has 1 aromatic carbocycles. The second-order valence-corrected chi connectivity index (χ2v) is 5.23. The summed E-state index contributed by atoms with van der Waals surface area (Å²) in [5.41, 5.74) is 7.27. The van der Waals surface area contributed by atoms with E-state index in [2.05, 4.69) is 0 Å². The Bertz CT molecular complexity index is 703. The van der Waals surface area contributed by atoms with Crippen molar-refractivity contribution in [3.05, 3.63) is 52.2 Å². The van der Waals surface area contributed by atoms with Gasteiger partial charge in [-0.1, -0.05) is 19.1 Å². The van der Waals surface area contributed by atoms with Crippen LogP contribution in [0.3, 0.4) is 0 Å². The fourth-order valence-corrected chi connectivity index (χ4v) is 2.35. The van der Waals surface area contributed by atoms with E-state index < -0.39 is 0 Å². The number of imidazole rings is 1. The molecule has 1 heterocycles. The maximum Gasteiger partial charge on any atom is 0.328 e. The number of nitrogens with two attached hydrogens (primary N) is 1. The topological polar surface area (TPSA) is 62.2 Å². The first-order valence-corrected chi connectivity index (χ1v) is 7.20. The first-order chi connectivity index (χ1) is 10.1. The highest BCUT2D eigenvalue weighted by atomic mass is 32.1. The summed E-state index contributed by atoms with van der Waals surface area (Å²) in [5.74, 6) is 0.713. The Morgan fingerprint density at radius 3 is 2.67 bits per heavy atom. The van der Waals surface area contributed by atoms with Gasteiger partial charge in [-0.05, 0) is 24.6 Å². The van der Waals surface area contributed by atoms with E-state index in [0.717, 1.165) is 24.1 Å². The van der Waals surface area contributed by atoms with Crippen molar-refractivity contribution in [3.8, 4) is 5.75 Å². The fourth-order valence-electron chi connectivity index (χ4n) is 2.22. The van der Waals surface area contributed by atoms with Crippen LogP contribution in [0.25, 0.3) is 0 Å². The molecule has 5 nitrogen and oxygen atoms in total. The first-order valence-electron chi connectivity index (χ1n) is 6.79. The zero-order valence-corrected chi connectivity index (χ0v) is 13.0. The van der Waals surface area contributed by atoms with Crippen molar-refractivity contribution in [2.75, 3.05) is 7.11 Å². The van der Waals surface area contributed by atoms with Gasteiger partial charge >= 0.3 is 5.69 Å². The number of nitrogens with zero attached hydrogens (tertiary/aromatic N) is 2. The van der Waals surface area contributed by atoms with Crippen molar-refractivity contribution in [2.24, 2.45) is 5.73 Å². The molecule has 0 saturated carbocycles. The molecule has 0 unspecified atom stereocenters. The van der Waals surface area contributed by atoms with E-state index in [0.29, 0.717) is 17.3 Å². The Morgan fingerprint density at radius 2 is 2.05 bits per heavy atom. The van der Waals surface area contributed by atoms with Crippen LogP contribution in [0, 0.1) is 0 Å². The molecule has 0 radical (unpaired) electrons. The normalized spacial score (nSPS) is 10.6. The van der Waals surface area contributed by atoms with Gasteiger partial charge in [0.1, 0.15) is 10.7 Å². The van der Waals surface area contributed by atoms with E-state index in [4.69, 9.17) is 22.7 Å². The molecule has 2 N–H and O–H groups in total. The number of aryl methyl sites for hydroxylation is 1. The zero-order chi connectivity index (χ0) is 15.4. The minimum absolute atomic E-state index is 0.0281. The summed E-state index contributed by atoms with van der Waals surface area (Å²) >= 11 is 4.99. The maximum atomic E-state index is 12.2. The highest BCUT2D eigenvalue weighted by Crippen LogP contribution is 2.20. The lowest BCUT2D eigenvalue weighted by Crippen LogP contribution is -2.24. The molecule has 0 amide bonds. The number of ether oxygens (including phenoxy) is 1. The van der Waals surface area contributed by atoms with Gasteiger partial charge in [-0.3, -0.25) is 9.13 Å². The lowest BCUT2D eigenvalue weighted by Gasteiger charge is -2.10. The lowest BCUT2D eigenvalue weighted by molar-refractivity contribution is 0.408. The molecule has 0 bridgehead atoms. The van der Waals surface area contributed by atoms with E-state index in [1.807, 2.05) is 25.1 Å². The van der Waals surface area contributed by atoms with Gasteiger partial charge < -0.3 is 10.5 Å². The molecule has 0 fully saturated rings. The lowest BCUT2D eigenvalue weighted by atomic mass is 10.1. The van der Waals surface area contributed by atoms with Crippen molar-refractivity contribution >= 4 is 17.2 Å². The predicted molar refractivity (Wildman–Crippen MR) is 87.0 cm³/mol. The molecule has 0 aliphatic carbocycles. The summed E-state index contributed by atoms with van der Waals surface area (Å²) in [6.07, 6.45) is 4.50. The monoisotopic (exact) mass is 305 g/mol. The minimum Gasteiger partial charge on any atom is -0.496 e. The van der Waals surface area contributed by atoms with Gasteiger partial charge in [-0.2, -0.15) is 0 Å². The fraction of sp³-hybridized carbons (Fsp3) is 0.333. The van der Waals surface area contributed by atoms with Gasteiger partial charge in [-0.15, -0.1) is 0 Å². The van der Waals surface area contributed by atoms with Gasteiger partial charge in [0.15, 0.2) is 0 Å². The van der Waals surface area contributed by atoms with Crippen LogP contribution in [-0.4, -0.2) is 21.2 Å². The van der Waals surface area contributed by atoms with Crippen LogP contribution in [0.2, 0.25) is 0 Å². The number of hydrogen-bond acceptors (Lipinski definition) is 3. The van der Waals surface area contributed by atoms with Crippen LogP contribution in [-0.2, 0) is 13.1 Å². The van der Waals surface area contributed by atoms with E-state index in [-0.39, 0.29) is 5.69 Å². The average Bonchev–Trinajstić information content (AvgIpc) is 2.80. The van der Waals surface area contributed by atoms with Crippen LogP contribution >= 0.6 is 12.2 Å². The van der Waals surface area contributed by atoms with Gasteiger partial charge in [0.2, 0.25) is 0 Å². The Hall–Kier alpha value is -2.08. The molecule has 0 spiro atoms. The second kappa shape index (κ2) is 6.58. The predicted octanol–water partition coefficient (Wildman–Crippen LogP) is 1.75. The molecule has 0 aliphatic heterocycles. The van der Waals surface area contributed by atoms with E-state index in [1.165, 1.54) is 0 Å². The number of aromatic nitrogens is 2. The quantitative estimate of drug-likeness (QED) is 0.826. The van der Waals surface area contributed by atoms with Crippen LogP contribution < -0.4 is 16.2 Å². The molecule has 0 saturated heterocycles. The molecule has 0 aliphatic rings. The number of benzene rings is 1. The van der Waals surface area contributed by atoms with Gasteiger partial charge in [0.25, 0.3) is 0 Å². The highest BCUT2D eigenvalue weighted by molar-refractivity contribution is 7.80. The molecule has 112 valence electrons. The molecule has 21 heavy (non-hydrogen) atoms. The number of hydrogen-bond donors (Lipinski definition) is 1. The maximum absolute atomic E-state index is 12.2.